The number of aliphatic carboxylic acids is 1. The molecule has 1 aromatic rings. The van der Waals surface area contributed by atoms with Gasteiger partial charge in [-0.15, -0.1) is 0 Å². The van der Waals surface area contributed by atoms with Crippen LogP contribution in [0.5, 0.6) is 0 Å². The van der Waals surface area contributed by atoms with Gasteiger partial charge < -0.3 is 20.5 Å². The van der Waals surface area contributed by atoms with Crippen molar-refractivity contribution in [3.8, 4) is 0 Å². The Hall–Kier alpha value is -1.92. The maximum Gasteiger partial charge on any atom is 0.307 e. The Labute approximate surface area is 110 Å². The predicted octanol–water partition coefficient (Wildman–Crippen LogP) is 0.241. The fourth-order valence-electron chi connectivity index (χ4n) is 1.91. The second-order valence-corrected chi connectivity index (χ2v) is 4.30. The smallest absolute Gasteiger partial charge is 0.307 e. The first-order chi connectivity index (χ1) is 9.16. The average Bonchev–Trinajstić information content (AvgIpc) is 2.41. The molecule has 1 aliphatic heterocycles. The first-order valence-corrected chi connectivity index (χ1v) is 6.08. The van der Waals surface area contributed by atoms with E-state index in [-0.39, 0.29) is 12.3 Å². The van der Waals surface area contributed by atoms with E-state index in [2.05, 4.69) is 10.6 Å². The van der Waals surface area contributed by atoms with Gasteiger partial charge in [-0.1, -0.05) is 18.2 Å². The van der Waals surface area contributed by atoms with Gasteiger partial charge in [0.1, 0.15) is 6.04 Å². The Bertz CT molecular complexity index is 469. The number of anilines is 1. The maximum absolute atomic E-state index is 12.0. The fraction of sp³-hybridized carbons (Fsp3) is 0.385. The Morgan fingerprint density at radius 2 is 2.21 bits per heavy atom. The molecule has 1 fully saturated rings. The summed E-state index contributed by atoms with van der Waals surface area (Å²) in [5, 5.41) is 14.6. The molecule has 6 heteroatoms. The van der Waals surface area contributed by atoms with Gasteiger partial charge in [-0.3, -0.25) is 9.59 Å². The summed E-state index contributed by atoms with van der Waals surface area (Å²) in [5.41, 5.74) is 1.11. The molecule has 1 atom stereocenters. The fourth-order valence-corrected chi connectivity index (χ4v) is 1.91. The number of benzene rings is 1. The summed E-state index contributed by atoms with van der Waals surface area (Å²) in [4.78, 5) is 22.8. The topological polar surface area (TPSA) is 87.7 Å². The number of nitrogens with one attached hydrogen (secondary N) is 2. The van der Waals surface area contributed by atoms with E-state index < -0.39 is 12.0 Å². The summed E-state index contributed by atoms with van der Waals surface area (Å²) in [6.45, 7) is 1.56. The molecule has 1 saturated heterocycles. The number of hydrogen-bond donors (Lipinski definition) is 3. The molecule has 0 radical (unpaired) electrons. The van der Waals surface area contributed by atoms with Crippen LogP contribution in [0.1, 0.15) is 5.56 Å². The number of carbonyl (C=O) groups excluding carboxylic acids is 1. The number of morpholine rings is 1. The minimum absolute atomic E-state index is 0.120. The zero-order chi connectivity index (χ0) is 13.7. The number of hydrogen-bond acceptors (Lipinski definition) is 4. The number of carboxylic acid groups (broad SMARTS) is 1. The highest BCUT2D eigenvalue weighted by atomic mass is 16.5. The van der Waals surface area contributed by atoms with Gasteiger partial charge in [0.05, 0.1) is 19.6 Å². The first-order valence-electron chi connectivity index (χ1n) is 6.08. The van der Waals surface area contributed by atoms with Crippen molar-refractivity contribution in [3.63, 3.8) is 0 Å². The van der Waals surface area contributed by atoms with Crippen molar-refractivity contribution in [2.45, 2.75) is 12.5 Å². The molecular formula is C13H16N2O4. The number of para-hydroxylation sites is 1. The summed E-state index contributed by atoms with van der Waals surface area (Å²) in [6.07, 6.45) is -0.120. The van der Waals surface area contributed by atoms with E-state index in [9.17, 15) is 9.59 Å². The largest absolute Gasteiger partial charge is 0.481 e. The summed E-state index contributed by atoms with van der Waals surface area (Å²) in [5.74, 6) is -1.14. The van der Waals surface area contributed by atoms with Crippen molar-refractivity contribution in [1.82, 2.24) is 5.32 Å². The van der Waals surface area contributed by atoms with E-state index in [1.807, 2.05) is 0 Å². The zero-order valence-electron chi connectivity index (χ0n) is 10.4. The van der Waals surface area contributed by atoms with E-state index in [1.54, 1.807) is 24.3 Å². The molecule has 102 valence electrons. The molecule has 0 saturated carbocycles. The van der Waals surface area contributed by atoms with Crippen LogP contribution in [0.4, 0.5) is 5.69 Å². The van der Waals surface area contributed by atoms with Gasteiger partial charge in [-0.25, -0.2) is 0 Å². The maximum atomic E-state index is 12.0. The van der Waals surface area contributed by atoms with Crippen LogP contribution >= 0.6 is 0 Å². The van der Waals surface area contributed by atoms with Gasteiger partial charge in [0.2, 0.25) is 5.91 Å². The Balaban J connectivity index is 2.05. The molecule has 1 unspecified atom stereocenters. The molecule has 2 rings (SSSR count). The van der Waals surface area contributed by atoms with Crippen molar-refractivity contribution in [1.29, 1.82) is 0 Å². The highest BCUT2D eigenvalue weighted by Crippen LogP contribution is 2.16. The van der Waals surface area contributed by atoms with E-state index in [0.717, 1.165) is 0 Å². The highest BCUT2D eigenvalue weighted by Gasteiger charge is 2.21. The molecule has 1 heterocycles. The average molecular weight is 264 g/mol. The summed E-state index contributed by atoms with van der Waals surface area (Å²) < 4.78 is 5.22. The molecule has 1 aliphatic rings. The minimum atomic E-state index is -0.930. The van der Waals surface area contributed by atoms with Crippen molar-refractivity contribution in [2.24, 2.45) is 0 Å². The van der Waals surface area contributed by atoms with Gasteiger partial charge in [0, 0.05) is 12.2 Å². The van der Waals surface area contributed by atoms with Crippen molar-refractivity contribution >= 4 is 17.6 Å². The van der Waals surface area contributed by atoms with E-state index >= 15 is 0 Å². The number of amides is 1. The van der Waals surface area contributed by atoms with Crippen molar-refractivity contribution < 1.29 is 19.4 Å². The molecule has 1 amide bonds. The normalized spacial score (nSPS) is 18.8. The molecule has 3 N–H and O–H groups in total. The number of carboxylic acids is 1. The number of ether oxygens (including phenoxy) is 1. The van der Waals surface area contributed by atoms with Crippen LogP contribution in [0.25, 0.3) is 0 Å². The summed E-state index contributed by atoms with van der Waals surface area (Å²) >= 11 is 0. The Kier molecular flexibility index (Phi) is 4.48. The standard InChI is InChI=1S/C13H16N2O4/c16-12(17)7-9-3-1-2-4-10(9)15-13(18)11-8-19-6-5-14-11/h1-4,11,14H,5-8H2,(H,15,18)(H,16,17). The first kappa shape index (κ1) is 13.5. The quantitative estimate of drug-likeness (QED) is 0.725. The zero-order valence-corrected chi connectivity index (χ0v) is 10.4. The van der Waals surface area contributed by atoms with Crippen LogP contribution in [0.2, 0.25) is 0 Å². The van der Waals surface area contributed by atoms with E-state index in [4.69, 9.17) is 9.84 Å². The lowest BCUT2D eigenvalue weighted by atomic mass is 10.1. The lowest BCUT2D eigenvalue weighted by molar-refractivity contribution is -0.136. The van der Waals surface area contributed by atoms with Crippen LogP contribution in [-0.4, -0.2) is 42.8 Å². The van der Waals surface area contributed by atoms with Crippen LogP contribution in [0.15, 0.2) is 24.3 Å². The van der Waals surface area contributed by atoms with Crippen LogP contribution in [0, 0.1) is 0 Å². The molecule has 0 aliphatic carbocycles. The molecular weight excluding hydrogens is 248 g/mol. The number of rotatable bonds is 4. The molecule has 0 spiro atoms. The molecule has 0 bridgehead atoms. The van der Waals surface area contributed by atoms with Crippen molar-refractivity contribution in [3.05, 3.63) is 29.8 Å². The third-order valence-corrected chi connectivity index (χ3v) is 2.86. The van der Waals surface area contributed by atoms with E-state index in [1.165, 1.54) is 0 Å². The lowest BCUT2D eigenvalue weighted by Crippen LogP contribution is -2.48. The summed E-state index contributed by atoms with van der Waals surface area (Å²) in [7, 11) is 0. The molecule has 0 aromatic heterocycles. The third kappa shape index (κ3) is 3.77. The number of carbonyl (C=O) groups is 2. The van der Waals surface area contributed by atoms with Gasteiger partial charge in [0.15, 0.2) is 0 Å². The Morgan fingerprint density at radius 1 is 1.42 bits per heavy atom. The van der Waals surface area contributed by atoms with E-state index in [0.29, 0.717) is 31.0 Å². The second kappa shape index (κ2) is 6.31. The van der Waals surface area contributed by atoms with Crippen molar-refractivity contribution in [2.75, 3.05) is 25.1 Å². The van der Waals surface area contributed by atoms with Crippen LogP contribution < -0.4 is 10.6 Å². The lowest BCUT2D eigenvalue weighted by Gasteiger charge is -2.23. The SMILES string of the molecule is O=C(O)Cc1ccccc1NC(=O)C1COCCN1. The molecule has 6 nitrogen and oxygen atoms in total. The van der Waals surface area contributed by atoms with Gasteiger partial charge in [-0.2, -0.15) is 0 Å². The monoisotopic (exact) mass is 264 g/mol. The van der Waals surface area contributed by atoms with Crippen LogP contribution in [0.3, 0.4) is 0 Å². The van der Waals surface area contributed by atoms with Gasteiger partial charge in [-0.05, 0) is 11.6 Å². The van der Waals surface area contributed by atoms with Gasteiger partial charge >= 0.3 is 5.97 Å². The van der Waals surface area contributed by atoms with Gasteiger partial charge in [0.25, 0.3) is 0 Å². The second-order valence-electron chi connectivity index (χ2n) is 4.30. The predicted molar refractivity (Wildman–Crippen MR) is 69.0 cm³/mol. The third-order valence-electron chi connectivity index (χ3n) is 2.86. The molecule has 1 aromatic carbocycles. The molecule has 19 heavy (non-hydrogen) atoms. The highest BCUT2D eigenvalue weighted by molar-refractivity contribution is 5.96. The minimum Gasteiger partial charge on any atom is -0.481 e. The Morgan fingerprint density at radius 3 is 2.89 bits per heavy atom. The summed E-state index contributed by atoms with van der Waals surface area (Å²) in [6, 6.07) is 6.49. The van der Waals surface area contributed by atoms with Crippen LogP contribution in [-0.2, 0) is 20.7 Å².